The van der Waals surface area contributed by atoms with E-state index in [1.165, 1.54) is 6.07 Å². The number of tetrazole rings is 1. The number of nitrogens with one attached hydrogen (secondary N) is 1. The number of aromatic nitrogens is 4. The average Bonchev–Trinajstić information content (AvgIpc) is 3.13. The number of nitrogens with zero attached hydrogens (tertiary/aromatic N) is 4. The molecular weight excluding hydrogens is 337 g/mol. The van der Waals surface area contributed by atoms with Gasteiger partial charge in [-0.25, -0.2) is 9.07 Å². The van der Waals surface area contributed by atoms with Gasteiger partial charge in [-0.05, 0) is 47.7 Å². The number of benzene rings is 2. The maximum absolute atomic E-state index is 13.6. The van der Waals surface area contributed by atoms with Crippen molar-refractivity contribution in [3.63, 3.8) is 0 Å². The lowest BCUT2D eigenvalue weighted by molar-refractivity contribution is 0.0950. The van der Waals surface area contributed by atoms with Crippen LogP contribution in [-0.2, 0) is 19.7 Å². The summed E-state index contributed by atoms with van der Waals surface area (Å²) < 4.78 is 20.8. The van der Waals surface area contributed by atoms with Crippen LogP contribution in [-0.4, -0.2) is 26.1 Å². The molecule has 0 fully saturated rings. The molecule has 1 heterocycles. The third-order valence-electron chi connectivity index (χ3n) is 3.79. The van der Waals surface area contributed by atoms with Crippen LogP contribution in [0.5, 0.6) is 5.75 Å². The van der Waals surface area contributed by atoms with Gasteiger partial charge in [0.2, 0.25) is 0 Å². The Morgan fingerprint density at radius 3 is 2.69 bits per heavy atom. The molecule has 7 nitrogen and oxygen atoms in total. The van der Waals surface area contributed by atoms with Crippen LogP contribution < -0.4 is 10.1 Å². The van der Waals surface area contributed by atoms with Crippen LogP contribution in [0.1, 0.15) is 28.7 Å². The first kappa shape index (κ1) is 17.5. The van der Waals surface area contributed by atoms with E-state index in [1.807, 2.05) is 6.92 Å². The van der Waals surface area contributed by atoms with Crippen molar-refractivity contribution in [1.82, 2.24) is 25.5 Å². The second-order valence-electron chi connectivity index (χ2n) is 5.50. The highest BCUT2D eigenvalue weighted by Crippen LogP contribution is 2.14. The molecular formula is C18H18FN5O2. The van der Waals surface area contributed by atoms with E-state index in [2.05, 4.69) is 20.8 Å². The van der Waals surface area contributed by atoms with E-state index in [0.717, 1.165) is 0 Å². The van der Waals surface area contributed by atoms with E-state index in [-0.39, 0.29) is 24.9 Å². The smallest absolute Gasteiger partial charge is 0.251 e. The first-order valence-corrected chi connectivity index (χ1v) is 8.17. The first-order valence-electron chi connectivity index (χ1n) is 8.17. The lowest BCUT2D eigenvalue weighted by Crippen LogP contribution is -2.23. The molecule has 0 saturated carbocycles. The Hall–Kier alpha value is -3.29. The van der Waals surface area contributed by atoms with Crippen molar-refractivity contribution in [2.24, 2.45) is 0 Å². The summed E-state index contributed by atoms with van der Waals surface area (Å²) in [6, 6.07) is 13.0. The maximum Gasteiger partial charge on any atom is 0.251 e. The average molecular weight is 355 g/mol. The van der Waals surface area contributed by atoms with E-state index in [9.17, 15) is 9.18 Å². The highest BCUT2D eigenvalue weighted by atomic mass is 19.1. The molecule has 0 saturated heterocycles. The van der Waals surface area contributed by atoms with Gasteiger partial charge >= 0.3 is 0 Å². The first-order chi connectivity index (χ1) is 12.7. The van der Waals surface area contributed by atoms with Gasteiger partial charge in [-0.15, -0.1) is 5.10 Å². The van der Waals surface area contributed by atoms with Crippen molar-refractivity contribution in [2.75, 3.05) is 0 Å². The molecule has 3 rings (SSSR count). The van der Waals surface area contributed by atoms with Crippen LogP contribution in [0.2, 0.25) is 0 Å². The van der Waals surface area contributed by atoms with Crippen LogP contribution in [0, 0.1) is 5.82 Å². The van der Waals surface area contributed by atoms with Gasteiger partial charge in [0.1, 0.15) is 18.2 Å². The van der Waals surface area contributed by atoms with E-state index in [0.29, 0.717) is 29.2 Å². The molecule has 0 radical (unpaired) electrons. The second-order valence-corrected chi connectivity index (χ2v) is 5.50. The van der Waals surface area contributed by atoms with Gasteiger partial charge in [0, 0.05) is 24.2 Å². The molecule has 26 heavy (non-hydrogen) atoms. The summed E-state index contributed by atoms with van der Waals surface area (Å²) in [6.07, 6.45) is 0. The Morgan fingerprint density at radius 2 is 1.96 bits per heavy atom. The number of carbonyl (C=O) groups excluding carboxylic acids is 1. The standard InChI is InChI=1S/C18H18FN5O2/c1-2-24-17(21-22-23-24)12-26-15-9-7-13(8-10-15)18(25)20-11-14-5-3-4-6-16(14)19/h3-10H,2,11-12H2,1H3,(H,20,25). The van der Waals surface area contributed by atoms with Gasteiger partial charge < -0.3 is 10.1 Å². The minimum Gasteiger partial charge on any atom is -0.486 e. The zero-order valence-corrected chi connectivity index (χ0v) is 14.2. The number of amides is 1. The third kappa shape index (κ3) is 4.21. The zero-order valence-electron chi connectivity index (χ0n) is 14.2. The molecule has 0 unspecified atom stereocenters. The molecule has 0 aliphatic heterocycles. The van der Waals surface area contributed by atoms with Crippen molar-refractivity contribution in [3.8, 4) is 5.75 Å². The summed E-state index contributed by atoms with van der Waals surface area (Å²) in [5, 5.41) is 14.0. The summed E-state index contributed by atoms with van der Waals surface area (Å²) in [6.45, 7) is 2.96. The fourth-order valence-corrected chi connectivity index (χ4v) is 2.34. The number of carbonyl (C=O) groups is 1. The Balaban J connectivity index is 1.55. The van der Waals surface area contributed by atoms with Crippen molar-refractivity contribution in [2.45, 2.75) is 26.6 Å². The number of halogens is 1. The van der Waals surface area contributed by atoms with Crippen molar-refractivity contribution >= 4 is 5.91 Å². The van der Waals surface area contributed by atoms with Crippen molar-refractivity contribution in [1.29, 1.82) is 0 Å². The SMILES string of the molecule is CCn1nnnc1COc1ccc(C(=O)NCc2ccccc2F)cc1. The van der Waals surface area contributed by atoms with Gasteiger partial charge in [-0.1, -0.05) is 18.2 Å². The molecule has 1 aromatic heterocycles. The van der Waals surface area contributed by atoms with E-state index < -0.39 is 0 Å². The van der Waals surface area contributed by atoms with Crippen LogP contribution in [0.4, 0.5) is 4.39 Å². The highest BCUT2D eigenvalue weighted by Gasteiger charge is 2.09. The van der Waals surface area contributed by atoms with E-state index in [4.69, 9.17) is 4.74 Å². The molecule has 0 aliphatic carbocycles. The summed E-state index contributed by atoms with van der Waals surface area (Å²) in [5.74, 6) is 0.598. The Bertz CT molecular complexity index is 879. The lowest BCUT2D eigenvalue weighted by atomic mass is 10.2. The van der Waals surface area contributed by atoms with Crippen LogP contribution in [0.25, 0.3) is 0 Å². The molecule has 1 N–H and O–H groups in total. The van der Waals surface area contributed by atoms with Crippen molar-refractivity contribution in [3.05, 3.63) is 71.3 Å². The van der Waals surface area contributed by atoms with Gasteiger partial charge in [0.15, 0.2) is 5.82 Å². The normalized spacial score (nSPS) is 10.5. The van der Waals surface area contributed by atoms with Gasteiger partial charge in [0.05, 0.1) is 0 Å². The van der Waals surface area contributed by atoms with Crippen LogP contribution >= 0.6 is 0 Å². The quantitative estimate of drug-likeness (QED) is 0.703. The maximum atomic E-state index is 13.6. The molecule has 0 spiro atoms. The molecule has 2 aromatic carbocycles. The second kappa shape index (κ2) is 8.19. The molecule has 0 aliphatic rings. The molecule has 8 heteroatoms. The van der Waals surface area contributed by atoms with Gasteiger partial charge in [-0.2, -0.15) is 0 Å². The number of hydrogen-bond acceptors (Lipinski definition) is 5. The van der Waals surface area contributed by atoms with E-state index in [1.54, 1.807) is 47.1 Å². The monoisotopic (exact) mass is 355 g/mol. The van der Waals surface area contributed by atoms with Gasteiger partial charge in [-0.3, -0.25) is 4.79 Å². The molecule has 3 aromatic rings. The summed E-state index contributed by atoms with van der Waals surface area (Å²) in [5.41, 5.74) is 0.904. The molecule has 0 bridgehead atoms. The Labute approximate surface area is 149 Å². The minimum atomic E-state index is -0.342. The molecule has 1 amide bonds. The largest absolute Gasteiger partial charge is 0.486 e. The summed E-state index contributed by atoms with van der Waals surface area (Å²) >= 11 is 0. The molecule has 0 atom stereocenters. The van der Waals surface area contributed by atoms with Crippen LogP contribution in [0.15, 0.2) is 48.5 Å². The van der Waals surface area contributed by atoms with Crippen molar-refractivity contribution < 1.29 is 13.9 Å². The number of aryl methyl sites for hydroxylation is 1. The summed E-state index contributed by atoms with van der Waals surface area (Å²) in [7, 11) is 0. The Morgan fingerprint density at radius 1 is 1.19 bits per heavy atom. The lowest BCUT2D eigenvalue weighted by Gasteiger charge is -2.08. The fraction of sp³-hybridized carbons (Fsp3) is 0.222. The summed E-state index contributed by atoms with van der Waals surface area (Å²) in [4.78, 5) is 12.2. The van der Waals surface area contributed by atoms with Gasteiger partial charge in [0.25, 0.3) is 5.91 Å². The zero-order chi connectivity index (χ0) is 18.4. The molecule has 134 valence electrons. The third-order valence-corrected chi connectivity index (χ3v) is 3.79. The topological polar surface area (TPSA) is 81.9 Å². The van der Waals surface area contributed by atoms with Crippen LogP contribution in [0.3, 0.4) is 0 Å². The number of rotatable bonds is 7. The number of hydrogen-bond donors (Lipinski definition) is 1. The fourth-order valence-electron chi connectivity index (χ4n) is 2.34. The minimum absolute atomic E-state index is 0.128. The van der Waals surface area contributed by atoms with E-state index >= 15 is 0 Å². The predicted molar refractivity (Wildman–Crippen MR) is 91.8 cm³/mol. The Kier molecular flexibility index (Phi) is 5.52. The predicted octanol–water partition coefficient (Wildman–Crippen LogP) is 2.34. The highest BCUT2D eigenvalue weighted by molar-refractivity contribution is 5.94. The number of ether oxygens (including phenoxy) is 1.